The summed E-state index contributed by atoms with van der Waals surface area (Å²) in [5, 5.41) is 13.7. The lowest BCUT2D eigenvalue weighted by molar-refractivity contribution is -0.155. The Morgan fingerprint density at radius 1 is 0.755 bits per heavy atom. The molecule has 0 aliphatic carbocycles. The van der Waals surface area contributed by atoms with Gasteiger partial charge in [0.15, 0.2) is 14.1 Å². The molecule has 1 fully saturated rings. The van der Waals surface area contributed by atoms with Crippen molar-refractivity contribution in [3.63, 3.8) is 0 Å². The molecule has 0 unspecified atom stereocenters. The van der Waals surface area contributed by atoms with Crippen LogP contribution in [0.25, 0.3) is 0 Å². The summed E-state index contributed by atoms with van der Waals surface area (Å²) in [4.78, 5) is 44.1. The van der Waals surface area contributed by atoms with Crippen molar-refractivity contribution in [1.29, 1.82) is 0 Å². The van der Waals surface area contributed by atoms with E-state index in [0.29, 0.717) is 11.3 Å². The molecular weight excluding hydrogens is 666 g/mol. The number of carboxylic acid groups (broad SMARTS) is 1. The molecule has 0 bridgehead atoms. The van der Waals surface area contributed by atoms with Crippen LogP contribution >= 0.6 is 6.89 Å². The second-order valence-electron chi connectivity index (χ2n) is 14.4. The first-order chi connectivity index (χ1) is 23.1. The number of β-lactam (4-membered cyclic amide) rings is 1. The Morgan fingerprint density at radius 2 is 1.24 bits per heavy atom. The van der Waals surface area contributed by atoms with Crippen molar-refractivity contribution in [2.24, 2.45) is 5.92 Å². The van der Waals surface area contributed by atoms with E-state index in [9.17, 15) is 19.5 Å². The highest BCUT2D eigenvalue weighted by Gasteiger charge is 2.56. The number of aliphatic carboxylic acids is 1. The molecule has 10 heteroatoms. The third kappa shape index (κ3) is 7.76. The van der Waals surface area contributed by atoms with Gasteiger partial charge in [-0.15, -0.1) is 0 Å². The van der Waals surface area contributed by atoms with Crippen molar-refractivity contribution in [3.8, 4) is 5.75 Å². The van der Waals surface area contributed by atoms with Crippen LogP contribution in [0.4, 0.5) is 0 Å². The minimum Gasteiger partial charge on any atom is -0.544 e. The van der Waals surface area contributed by atoms with E-state index >= 15 is 0 Å². The van der Waals surface area contributed by atoms with Crippen molar-refractivity contribution >= 4 is 62.5 Å². The van der Waals surface area contributed by atoms with E-state index in [2.05, 4.69) is 39.3 Å². The third-order valence-corrected chi connectivity index (χ3v) is 14.6. The van der Waals surface area contributed by atoms with Crippen molar-refractivity contribution < 1.29 is 28.3 Å². The number of carbonyl (C=O) groups excluding carboxylic acids is 2. The lowest BCUT2D eigenvalue weighted by atomic mass is 9.79. The molecule has 1 heterocycles. The van der Waals surface area contributed by atoms with Gasteiger partial charge in [-0.05, 0) is 74.3 Å². The van der Waals surface area contributed by atoms with Gasteiger partial charge >= 0.3 is 5.97 Å². The van der Waals surface area contributed by atoms with Crippen molar-refractivity contribution in [3.05, 3.63) is 121 Å². The summed E-state index contributed by atoms with van der Waals surface area (Å²) in [5.74, 6) is -1.81. The molecule has 5 rings (SSSR count). The molecule has 4 aromatic carbocycles. The first-order valence-electron chi connectivity index (χ1n) is 16.6. The van der Waals surface area contributed by atoms with Crippen LogP contribution in [-0.2, 0) is 14.0 Å². The number of likely N-dealkylation sites (tertiary alicyclic amines) is 1. The van der Waals surface area contributed by atoms with Gasteiger partial charge in [0.1, 0.15) is 11.2 Å². The highest BCUT2D eigenvalue weighted by molar-refractivity contribution is 7.96. The summed E-state index contributed by atoms with van der Waals surface area (Å²) >= 11 is 0. The Hall–Kier alpha value is -4.02. The number of benzene rings is 4. The van der Waals surface area contributed by atoms with Crippen LogP contribution < -0.4 is 20.3 Å². The topological polar surface area (TPSA) is 93.1 Å². The number of Topliss-reactive ketones (excluding diaryl/α,β-unsaturated/α-hetero) is 1. The number of rotatable bonds is 13. The van der Waals surface area contributed by atoms with Crippen LogP contribution in [-0.4, -0.2) is 61.9 Å². The Balaban J connectivity index is 1.76. The number of carboxylic acids is 1. The predicted octanol–water partition coefficient (Wildman–Crippen LogP) is 6.75. The lowest BCUT2D eigenvalue weighted by Crippen LogP contribution is -2.69. The summed E-state index contributed by atoms with van der Waals surface area (Å²) in [6, 6.07) is 35.2. The van der Waals surface area contributed by atoms with Crippen LogP contribution in [0.1, 0.15) is 23.7 Å². The van der Waals surface area contributed by atoms with Gasteiger partial charge in [0.25, 0.3) is 0 Å². The van der Waals surface area contributed by atoms with Crippen LogP contribution in [0.2, 0.25) is 39.3 Å². The maximum atomic E-state index is 14.6. The average Bonchev–Trinajstić information content (AvgIpc) is 3.04. The Kier molecular flexibility index (Phi) is 10.7. The van der Waals surface area contributed by atoms with E-state index < -0.39 is 47.6 Å². The highest BCUT2D eigenvalue weighted by Crippen LogP contribution is 2.50. The fourth-order valence-electron chi connectivity index (χ4n) is 6.76. The molecule has 0 saturated carbocycles. The van der Waals surface area contributed by atoms with E-state index in [-0.39, 0.29) is 23.5 Å². The summed E-state index contributed by atoms with van der Waals surface area (Å²) in [6.07, 6.45) is -0.579. The molecule has 3 atom stereocenters. The lowest BCUT2D eigenvalue weighted by Gasteiger charge is -2.51. The van der Waals surface area contributed by atoms with Gasteiger partial charge in [-0.3, -0.25) is 9.59 Å². The normalized spacial score (nSPS) is 17.2. The van der Waals surface area contributed by atoms with E-state index in [1.54, 1.807) is 18.2 Å². The summed E-state index contributed by atoms with van der Waals surface area (Å²) in [7, 11) is -4.05. The maximum absolute atomic E-state index is 14.6. The van der Waals surface area contributed by atoms with Gasteiger partial charge in [0.05, 0.1) is 18.1 Å². The Bertz CT molecular complexity index is 1770. The number of hydrogen-bond acceptors (Lipinski definition) is 5. The first-order valence-corrected chi connectivity index (χ1v) is 25.2. The summed E-state index contributed by atoms with van der Waals surface area (Å²) < 4.78 is 12.6. The molecular formula is C39H46NO6PSi2. The maximum Gasteiger partial charge on any atom is 0.353 e. The standard InChI is InChI=1S/C39H46NO6PSi2/c1-28(45-48(2,3)4)36-34(27-35(41)29-18-17-19-30(26-29)46-49(5,6)7)40(37(36)42)38(39(43)44)47(31-20-11-8-12-21-31,32-22-13-9-14-23-32)33-24-15-10-16-25-33/h8-26,28,34,36H,27H2,1-7H3,(H,43,44)/t28-,34-,36-/m1/s1. The van der Waals surface area contributed by atoms with Crippen molar-refractivity contribution in [2.45, 2.75) is 64.8 Å². The molecule has 256 valence electrons. The molecule has 49 heavy (non-hydrogen) atoms. The number of ketones is 1. The number of hydrogen-bond donors (Lipinski definition) is 1. The van der Waals surface area contributed by atoms with Gasteiger partial charge in [-0.25, -0.2) is 4.79 Å². The summed E-state index contributed by atoms with van der Waals surface area (Å²) in [6.45, 7) is 11.1. The molecule has 1 N–H and O–H groups in total. The molecule has 1 aliphatic rings. The van der Waals surface area contributed by atoms with Gasteiger partial charge in [-0.2, -0.15) is 0 Å². The number of carbonyl (C=O) groups is 3. The minimum atomic E-state index is -3.20. The van der Waals surface area contributed by atoms with Gasteiger partial charge in [-0.1, -0.05) is 103 Å². The van der Waals surface area contributed by atoms with Crippen LogP contribution in [0.3, 0.4) is 0 Å². The molecule has 1 amide bonds. The van der Waals surface area contributed by atoms with Crippen molar-refractivity contribution in [2.75, 3.05) is 0 Å². The molecule has 0 radical (unpaired) electrons. The molecule has 1 saturated heterocycles. The zero-order chi connectivity index (χ0) is 35.6. The smallest absolute Gasteiger partial charge is 0.353 e. The monoisotopic (exact) mass is 711 g/mol. The molecule has 4 aromatic rings. The van der Waals surface area contributed by atoms with Crippen LogP contribution in [0.15, 0.2) is 115 Å². The van der Waals surface area contributed by atoms with E-state index in [4.69, 9.17) is 8.85 Å². The molecule has 0 aromatic heterocycles. The quantitative estimate of drug-likeness (QED) is 0.0715. The van der Waals surface area contributed by atoms with Gasteiger partial charge < -0.3 is 18.9 Å². The molecule has 0 spiro atoms. The van der Waals surface area contributed by atoms with Crippen molar-refractivity contribution in [1.82, 2.24) is 4.90 Å². The van der Waals surface area contributed by atoms with Gasteiger partial charge in [0.2, 0.25) is 14.2 Å². The fraction of sp³-hybridized carbons (Fsp3) is 0.282. The first kappa shape index (κ1) is 36.3. The second kappa shape index (κ2) is 14.5. The number of nitrogens with zero attached hydrogens (tertiary/aromatic N) is 1. The molecule has 1 aliphatic heterocycles. The zero-order valence-electron chi connectivity index (χ0n) is 29.3. The van der Waals surface area contributed by atoms with E-state index in [1.807, 2.05) is 104 Å². The second-order valence-corrected chi connectivity index (χ2v) is 26.6. The Labute approximate surface area is 292 Å². The summed E-state index contributed by atoms with van der Waals surface area (Å²) in [5.41, 5.74) is 0.450. The average molecular weight is 712 g/mol. The SMILES string of the molecule is C[C@@H](O[Si](C)(C)C)[C@H]1C(=O)N(C(C(=O)O)=P(c2ccccc2)(c2ccccc2)c2ccccc2)[C@@H]1CC(=O)c1cccc(O[Si](C)(C)C)c1. The van der Waals surface area contributed by atoms with E-state index in [1.165, 1.54) is 4.90 Å². The minimum absolute atomic E-state index is 0.00818. The predicted molar refractivity (Wildman–Crippen MR) is 205 cm³/mol. The third-order valence-electron chi connectivity index (χ3n) is 8.46. The van der Waals surface area contributed by atoms with E-state index in [0.717, 1.165) is 15.9 Å². The Morgan fingerprint density at radius 3 is 1.67 bits per heavy atom. The largest absolute Gasteiger partial charge is 0.544 e. The fourth-order valence-corrected chi connectivity index (χ4v) is 13.2. The van der Waals surface area contributed by atoms with Gasteiger partial charge in [0, 0.05) is 18.9 Å². The zero-order valence-corrected chi connectivity index (χ0v) is 32.2. The highest BCUT2D eigenvalue weighted by atomic mass is 31.2. The molecule has 7 nitrogen and oxygen atoms in total. The van der Waals surface area contributed by atoms with Crippen LogP contribution in [0, 0.1) is 5.92 Å². The van der Waals surface area contributed by atoms with Crippen LogP contribution in [0.5, 0.6) is 5.75 Å². The number of amides is 1.